The molecule has 178 valence electrons. The lowest BCUT2D eigenvalue weighted by Gasteiger charge is -2.11. The van der Waals surface area contributed by atoms with Crippen molar-refractivity contribution in [2.45, 2.75) is 18.0 Å². The number of carbonyl (C=O) groups is 2. The number of nitrogens with zero attached hydrogens (tertiary/aromatic N) is 3. The third kappa shape index (κ3) is 6.03. The van der Waals surface area contributed by atoms with Crippen LogP contribution in [-0.2, 0) is 28.1 Å². The van der Waals surface area contributed by atoms with Crippen molar-refractivity contribution in [2.75, 3.05) is 27.9 Å². The summed E-state index contributed by atoms with van der Waals surface area (Å²) >= 11 is 1.23. The molecule has 0 aliphatic carbocycles. The van der Waals surface area contributed by atoms with E-state index < -0.39 is 9.84 Å². The number of amides is 2. The van der Waals surface area contributed by atoms with Crippen molar-refractivity contribution in [2.24, 2.45) is 13.0 Å². The van der Waals surface area contributed by atoms with Crippen LogP contribution in [0.25, 0.3) is 0 Å². The van der Waals surface area contributed by atoms with E-state index in [2.05, 4.69) is 20.8 Å². The number of carbonyl (C=O) groups excluding carboxylic acids is 2. The fourth-order valence-electron chi connectivity index (χ4n) is 3.77. The average Bonchev–Trinajstić information content (AvgIpc) is 3.34. The fraction of sp³-hybridized carbons (Fsp3) is 0.304. The Bertz CT molecular complexity index is 1290. The van der Waals surface area contributed by atoms with Crippen LogP contribution in [0.4, 0.5) is 11.4 Å². The van der Waals surface area contributed by atoms with Gasteiger partial charge in [-0.25, -0.2) is 8.42 Å². The molecule has 9 nitrogen and oxygen atoms in total. The standard InChI is InChI=1S/C23H25N5O4S2/c1-28-20(13-16-11-12-34(31,32)15-16)26-27-23(28)33-14-21(29)25-19-10-6-5-9-18(19)22(30)24-17-7-3-2-4-8-17/h2-10,16H,11-15H2,1H3,(H,24,30)(H,25,29). The summed E-state index contributed by atoms with van der Waals surface area (Å²) in [5.41, 5.74) is 1.44. The highest BCUT2D eigenvalue weighted by atomic mass is 32.2. The molecule has 0 spiro atoms. The number of para-hydroxylation sites is 2. The molecule has 1 atom stereocenters. The Hall–Kier alpha value is -3.18. The molecule has 1 unspecified atom stereocenters. The highest BCUT2D eigenvalue weighted by molar-refractivity contribution is 7.99. The molecule has 2 aromatic carbocycles. The summed E-state index contributed by atoms with van der Waals surface area (Å²) in [4.78, 5) is 25.3. The van der Waals surface area contributed by atoms with E-state index in [4.69, 9.17) is 0 Å². The Balaban J connectivity index is 1.34. The molecule has 0 radical (unpaired) electrons. The molecule has 1 aliphatic heterocycles. The molecule has 0 saturated carbocycles. The smallest absolute Gasteiger partial charge is 0.257 e. The van der Waals surface area contributed by atoms with Crippen molar-refractivity contribution in [3.63, 3.8) is 0 Å². The van der Waals surface area contributed by atoms with E-state index in [1.807, 2.05) is 25.2 Å². The summed E-state index contributed by atoms with van der Waals surface area (Å²) in [5, 5.41) is 14.5. The van der Waals surface area contributed by atoms with Crippen LogP contribution < -0.4 is 10.6 Å². The highest BCUT2D eigenvalue weighted by Gasteiger charge is 2.29. The second kappa shape index (κ2) is 10.4. The van der Waals surface area contributed by atoms with Crippen LogP contribution in [0.2, 0.25) is 0 Å². The van der Waals surface area contributed by atoms with Crippen molar-refractivity contribution in [3.05, 3.63) is 66.0 Å². The zero-order valence-corrected chi connectivity index (χ0v) is 20.2. The number of thioether (sulfide) groups is 1. The Kier molecular flexibility index (Phi) is 7.32. The molecule has 2 N–H and O–H groups in total. The minimum atomic E-state index is -2.94. The molecule has 3 aromatic rings. The number of anilines is 2. The molecule has 1 aromatic heterocycles. The first-order valence-electron chi connectivity index (χ1n) is 10.8. The summed E-state index contributed by atoms with van der Waals surface area (Å²) in [6.45, 7) is 0. The second-order valence-corrected chi connectivity index (χ2v) is 11.3. The summed E-state index contributed by atoms with van der Waals surface area (Å²) in [6.07, 6.45) is 1.18. The van der Waals surface area contributed by atoms with Crippen molar-refractivity contribution in [1.82, 2.24) is 14.8 Å². The second-order valence-electron chi connectivity index (χ2n) is 8.13. The van der Waals surface area contributed by atoms with Gasteiger partial charge >= 0.3 is 0 Å². The zero-order chi connectivity index (χ0) is 24.1. The van der Waals surface area contributed by atoms with Gasteiger partial charge in [0.25, 0.3) is 5.91 Å². The molecule has 34 heavy (non-hydrogen) atoms. The van der Waals surface area contributed by atoms with Gasteiger partial charge in [0.2, 0.25) is 5.91 Å². The molecule has 4 rings (SSSR count). The number of rotatable bonds is 8. The van der Waals surface area contributed by atoms with Crippen LogP contribution >= 0.6 is 11.8 Å². The first-order valence-corrected chi connectivity index (χ1v) is 13.6. The Morgan fingerprint density at radius 3 is 2.53 bits per heavy atom. The van der Waals surface area contributed by atoms with Crippen LogP contribution in [0.1, 0.15) is 22.6 Å². The Labute approximate surface area is 202 Å². The zero-order valence-electron chi connectivity index (χ0n) is 18.6. The van der Waals surface area contributed by atoms with E-state index in [0.29, 0.717) is 40.8 Å². The normalized spacial score (nSPS) is 16.8. The number of sulfone groups is 1. The van der Waals surface area contributed by atoms with Crippen LogP contribution in [0, 0.1) is 5.92 Å². The number of nitrogens with one attached hydrogen (secondary N) is 2. The maximum absolute atomic E-state index is 12.7. The quantitative estimate of drug-likeness (QED) is 0.457. The molecular weight excluding hydrogens is 474 g/mol. The minimum Gasteiger partial charge on any atom is -0.325 e. The van der Waals surface area contributed by atoms with Gasteiger partial charge in [-0.2, -0.15) is 0 Å². The molecule has 0 bridgehead atoms. The predicted octanol–water partition coefficient (Wildman–Crippen LogP) is 2.78. The van der Waals surface area contributed by atoms with Crippen LogP contribution in [0.15, 0.2) is 59.8 Å². The molecule has 1 saturated heterocycles. The SMILES string of the molecule is Cn1c(CC2CCS(=O)(=O)C2)nnc1SCC(=O)Nc1ccccc1C(=O)Nc1ccccc1. The predicted molar refractivity (Wildman–Crippen MR) is 132 cm³/mol. The third-order valence-corrected chi connectivity index (χ3v) is 8.39. The lowest BCUT2D eigenvalue weighted by atomic mass is 10.1. The molecule has 2 heterocycles. The maximum atomic E-state index is 12.7. The van der Waals surface area contributed by atoms with E-state index in [9.17, 15) is 18.0 Å². The summed E-state index contributed by atoms with van der Waals surface area (Å²) < 4.78 is 25.2. The summed E-state index contributed by atoms with van der Waals surface area (Å²) in [7, 11) is -1.14. The van der Waals surface area contributed by atoms with E-state index in [1.165, 1.54) is 11.8 Å². The van der Waals surface area contributed by atoms with Crippen molar-refractivity contribution in [1.29, 1.82) is 0 Å². The van der Waals surface area contributed by atoms with Gasteiger partial charge < -0.3 is 15.2 Å². The summed E-state index contributed by atoms with van der Waals surface area (Å²) in [5.74, 6) is 0.640. The lowest BCUT2D eigenvalue weighted by molar-refractivity contribution is -0.113. The number of hydrogen-bond donors (Lipinski definition) is 2. The molecule has 11 heteroatoms. The monoisotopic (exact) mass is 499 g/mol. The molecule has 1 aliphatic rings. The first-order chi connectivity index (χ1) is 16.3. The number of benzene rings is 2. The molecular formula is C23H25N5O4S2. The number of aromatic nitrogens is 3. The van der Waals surface area contributed by atoms with Gasteiger partial charge in [0.05, 0.1) is 28.5 Å². The average molecular weight is 500 g/mol. The first kappa shape index (κ1) is 24.0. The van der Waals surface area contributed by atoms with E-state index in [0.717, 1.165) is 0 Å². The van der Waals surface area contributed by atoms with Crippen molar-refractivity contribution >= 4 is 44.8 Å². The van der Waals surface area contributed by atoms with Crippen molar-refractivity contribution in [3.8, 4) is 0 Å². The van der Waals surface area contributed by atoms with Gasteiger partial charge in [-0.3, -0.25) is 9.59 Å². The van der Waals surface area contributed by atoms with Gasteiger partial charge in [-0.15, -0.1) is 10.2 Å². The molecule has 2 amide bonds. The Morgan fingerprint density at radius 2 is 1.79 bits per heavy atom. The fourth-order valence-corrected chi connectivity index (χ4v) is 6.36. The third-order valence-electron chi connectivity index (χ3n) is 5.53. The Morgan fingerprint density at radius 1 is 1.06 bits per heavy atom. The molecule has 1 fully saturated rings. The topological polar surface area (TPSA) is 123 Å². The van der Waals surface area contributed by atoms with Gasteiger partial charge in [-0.1, -0.05) is 42.1 Å². The highest BCUT2D eigenvalue weighted by Crippen LogP contribution is 2.24. The van der Waals surface area contributed by atoms with Crippen LogP contribution in [0.3, 0.4) is 0 Å². The van der Waals surface area contributed by atoms with Crippen LogP contribution in [-0.4, -0.2) is 52.3 Å². The van der Waals surface area contributed by atoms with E-state index >= 15 is 0 Å². The number of hydrogen-bond acceptors (Lipinski definition) is 7. The van der Waals surface area contributed by atoms with Gasteiger partial charge in [0, 0.05) is 19.2 Å². The maximum Gasteiger partial charge on any atom is 0.257 e. The van der Waals surface area contributed by atoms with Crippen LogP contribution in [0.5, 0.6) is 0 Å². The van der Waals surface area contributed by atoms with Gasteiger partial charge in [0.15, 0.2) is 15.0 Å². The largest absolute Gasteiger partial charge is 0.325 e. The van der Waals surface area contributed by atoms with Crippen molar-refractivity contribution < 1.29 is 18.0 Å². The van der Waals surface area contributed by atoms with Gasteiger partial charge in [0.1, 0.15) is 5.82 Å². The van der Waals surface area contributed by atoms with Gasteiger partial charge in [-0.05, 0) is 36.6 Å². The van der Waals surface area contributed by atoms with E-state index in [1.54, 1.807) is 41.0 Å². The lowest BCUT2D eigenvalue weighted by Crippen LogP contribution is -2.19. The minimum absolute atomic E-state index is 0.0487. The van der Waals surface area contributed by atoms with E-state index in [-0.39, 0.29) is 35.0 Å². The summed E-state index contributed by atoms with van der Waals surface area (Å²) in [6, 6.07) is 15.9.